The normalized spacial score (nSPS) is 14.0. The Balaban J connectivity index is 3.61. The number of hydrogen-bond acceptors (Lipinski definition) is 1. The Kier molecular flexibility index (Phi) is 17.2. The summed E-state index contributed by atoms with van der Waals surface area (Å²) in [4.78, 5) is 10.4. The highest BCUT2D eigenvalue weighted by atomic mass is 16.4. The summed E-state index contributed by atoms with van der Waals surface area (Å²) in [5.41, 5.74) is 0. The van der Waals surface area contributed by atoms with Crippen molar-refractivity contribution in [2.45, 2.75) is 71.6 Å². The first-order chi connectivity index (χ1) is 12.2. The van der Waals surface area contributed by atoms with Crippen LogP contribution in [0.4, 0.5) is 0 Å². The molecule has 0 radical (unpaired) electrons. The van der Waals surface area contributed by atoms with Crippen LogP contribution in [0, 0.1) is 5.92 Å². The zero-order chi connectivity index (χ0) is 18.6. The lowest BCUT2D eigenvalue weighted by atomic mass is 10.1. The molecule has 0 heterocycles. The van der Waals surface area contributed by atoms with Gasteiger partial charge in [0.1, 0.15) is 0 Å². The molecule has 0 spiro atoms. The Labute approximate surface area is 154 Å². The highest BCUT2D eigenvalue weighted by Gasteiger charge is 1.94. The van der Waals surface area contributed by atoms with Gasteiger partial charge in [-0.25, -0.2) is 0 Å². The van der Waals surface area contributed by atoms with Crippen LogP contribution >= 0.6 is 0 Å². The summed E-state index contributed by atoms with van der Waals surface area (Å²) >= 11 is 0. The highest BCUT2D eigenvalue weighted by Crippen LogP contribution is 2.07. The van der Waals surface area contributed by atoms with E-state index in [1.54, 1.807) is 0 Å². The third-order valence-corrected chi connectivity index (χ3v) is 3.74. The molecule has 0 aromatic carbocycles. The molecule has 0 fully saturated rings. The van der Waals surface area contributed by atoms with Crippen molar-refractivity contribution >= 4 is 5.97 Å². The van der Waals surface area contributed by atoms with Crippen LogP contribution in [0.1, 0.15) is 71.6 Å². The number of hydrogen-bond donors (Lipinski definition) is 1. The molecule has 0 aromatic heterocycles. The summed E-state index contributed by atoms with van der Waals surface area (Å²) in [6.07, 6.45) is 30.3. The third kappa shape index (κ3) is 20.1. The van der Waals surface area contributed by atoms with Gasteiger partial charge < -0.3 is 5.11 Å². The fraction of sp³-hybridized carbons (Fsp3) is 0.522. The average Bonchev–Trinajstić information content (AvgIpc) is 2.58. The molecule has 1 atom stereocenters. The molecular formula is C23H36O2. The van der Waals surface area contributed by atoms with Crippen LogP contribution in [-0.2, 0) is 4.79 Å². The summed E-state index contributed by atoms with van der Waals surface area (Å²) in [6, 6.07) is 0. The van der Waals surface area contributed by atoms with Crippen LogP contribution < -0.4 is 0 Å². The van der Waals surface area contributed by atoms with Crippen molar-refractivity contribution in [1.82, 2.24) is 0 Å². The van der Waals surface area contributed by atoms with E-state index in [1.807, 2.05) is 0 Å². The van der Waals surface area contributed by atoms with Gasteiger partial charge in [0.25, 0.3) is 0 Å². The van der Waals surface area contributed by atoms with Gasteiger partial charge in [-0.2, -0.15) is 0 Å². The SMILES string of the molecule is CC/C=C\C/C=C\C=C\C(C)C/C=C\C/C=C\CCCCCC(=O)O. The maximum atomic E-state index is 10.4. The highest BCUT2D eigenvalue weighted by molar-refractivity contribution is 5.66. The number of carbonyl (C=O) groups is 1. The van der Waals surface area contributed by atoms with Crippen molar-refractivity contribution in [3.8, 4) is 0 Å². The van der Waals surface area contributed by atoms with Crippen LogP contribution in [0.25, 0.3) is 0 Å². The molecule has 2 nitrogen and oxygen atoms in total. The summed E-state index contributed by atoms with van der Waals surface area (Å²) in [6.45, 7) is 4.38. The summed E-state index contributed by atoms with van der Waals surface area (Å²) in [5, 5.41) is 8.54. The summed E-state index contributed by atoms with van der Waals surface area (Å²) < 4.78 is 0. The predicted molar refractivity (Wildman–Crippen MR) is 110 cm³/mol. The first-order valence-corrected chi connectivity index (χ1v) is 9.67. The zero-order valence-corrected chi connectivity index (χ0v) is 16.1. The largest absolute Gasteiger partial charge is 0.481 e. The second kappa shape index (κ2) is 18.5. The molecule has 0 amide bonds. The minimum absolute atomic E-state index is 0.296. The van der Waals surface area contributed by atoms with Gasteiger partial charge in [0, 0.05) is 6.42 Å². The van der Waals surface area contributed by atoms with Gasteiger partial charge in [-0.05, 0) is 50.9 Å². The molecule has 0 aromatic rings. The number of carboxylic acids is 1. The zero-order valence-electron chi connectivity index (χ0n) is 16.1. The first-order valence-electron chi connectivity index (χ1n) is 9.67. The fourth-order valence-corrected chi connectivity index (χ4v) is 2.25. The molecule has 0 saturated heterocycles. The topological polar surface area (TPSA) is 37.3 Å². The standard InChI is InChI=1S/C23H36O2/c1-3-4-5-6-10-13-16-19-22(2)20-17-14-11-8-7-9-12-15-18-21-23(24)25/h4-5,7-8,10,13-14,16-17,19,22H,3,6,9,11-12,15,18,20-21H2,1-2H3,(H,24,25)/b5-4-,8-7-,13-10-,17-14-,19-16+. The minimum Gasteiger partial charge on any atom is -0.481 e. The minimum atomic E-state index is -0.690. The van der Waals surface area contributed by atoms with Gasteiger partial charge in [-0.1, -0.05) is 81.0 Å². The van der Waals surface area contributed by atoms with Crippen LogP contribution in [0.15, 0.2) is 60.8 Å². The molecule has 0 rings (SSSR count). The number of carboxylic acid groups (broad SMARTS) is 1. The molecule has 25 heavy (non-hydrogen) atoms. The van der Waals surface area contributed by atoms with Crippen LogP contribution in [-0.4, -0.2) is 11.1 Å². The average molecular weight is 345 g/mol. The van der Waals surface area contributed by atoms with Gasteiger partial charge in [0.2, 0.25) is 0 Å². The van der Waals surface area contributed by atoms with Crippen molar-refractivity contribution in [2.24, 2.45) is 5.92 Å². The van der Waals surface area contributed by atoms with E-state index in [4.69, 9.17) is 5.11 Å². The lowest BCUT2D eigenvalue weighted by Gasteiger charge is -1.99. The Morgan fingerprint density at radius 3 is 2.36 bits per heavy atom. The lowest BCUT2D eigenvalue weighted by molar-refractivity contribution is -0.137. The number of aliphatic carboxylic acids is 1. The second-order valence-corrected chi connectivity index (χ2v) is 6.31. The van der Waals surface area contributed by atoms with E-state index in [-0.39, 0.29) is 0 Å². The monoisotopic (exact) mass is 344 g/mol. The molecule has 0 bridgehead atoms. The maximum Gasteiger partial charge on any atom is 0.303 e. The van der Waals surface area contributed by atoms with E-state index in [0.29, 0.717) is 12.3 Å². The fourth-order valence-electron chi connectivity index (χ4n) is 2.25. The summed E-state index contributed by atoms with van der Waals surface area (Å²) in [5.74, 6) is -0.129. The van der Waals surface area contributed by atoms with E-state index in [2.05, 4.69) is 74.6 Å². The van der Waals surface area contributed by atoms with Crippen LogP contribution in [0.3, 0.4) is 0 Å². The van der Waals surface area contributed by atoms with E-state index in [1.165, 1.54) is 0 Å². The smallest absolute Gasteiger partial charge is 0.303 e. The molecule has 140 valence electrons. The molecule has 1 N–H and O–H groups in total. The molecule has 0 saturated carbocycles. The van der Waals surface area contributed by atoms with Gasteiger partial charge in [-0.3, -0.25) is 4.79 Å². The third-order valence-electron chi connectivity index (χ3n) is 3.74. The number of unbranched alkanes of at least 4 members (excludes halogenated alkanes) is 3. The first kappa shape index (κ1) is 23.2. The van der Waals surface area contributed by atoms with Crippen molar-refractivity contribution in [1.29, 1.82) is 0 Å². The molecule has 0 aliphatic heterocycles. The Hall–Kier alpha value is -1.83. The Morgan fingerprint density at radius 1 is 0.880 bits per heavy atom. The van der Waals surface area contributed by atoms with E-state index >= 15 is 0 Å². The van der Waals surface area contributed by atoms with Crippen molar-refractivity contribution in [3.63, 3.8) is 0 Å². The van der Waals surface area contributed by atoms with Crippen molar-refractivity contribution in [3.05, 3.63) is 60.8 Å². The van der Waals surface area contributed by atoms with E-state index in [0.717, 1.165) is 51.4 Å². The van der Waals surface area contributed by atoms with Crippen molar-refractivity contribution in [2.75, 3.05) is 0 Å². The maximum absolute atomic E-state index is 10.4. The van der Waals surface area contributed by atoms with E-state index in [9.17, 15) is 4.79 Å². The molecule has 1 unspecified atom stereocenters. The van der Waals surface area contributed by atoms with Gasteiger partial charge in [0.05, 0.1) is 0 Å². The number of rotatable bonds is 15. The number of allylic oxidation sites excluding steroid dienone is 10. The van der Waals surface area contributed by atoms with Crippen molar-refractivity contribution < 1.29 is 9.90 Å². The lowest BCUT2D eigenvalue weighted by Crippen LogP contribution is -1.93. The van der Waals surface area contributed by atoms with Gasteiger partial charge >= 0.3 is 5.97 Å². The Bertz CT molecular complexity index is 453. The molecular weight excluding hydrogens is 308 g/mol. The van der Waals surface area contributed by atoms with Crippen LogP contribution in [0.5, 0.6) is 0 Å². The molecule has 0 aliphatic carbocycles. The van der Waals surface area contributed by atoms with Gasteiger partial charge in [-0.15, -0.1) is 0 Å². The Morgan fingerprint density at radius 2 is 1.60 bits per heavy atom. The van der Waals surface area contributed by atoms with Gasteiger partial charge in [0.15, 0.2) is 0 Å². The summed E-state index contributed by atoms with van der Waals surface area (Å²) in [7, 11) is 0. The quantitative estimate of drug-likeness (QED) is 0.197. The van der Waals surface area contributed by atoms with Crippen LogP contribution in [0.2, 0.25) is 0 Å². The molecule has 2 heteroatoms. The van der Waals surface area contributed by atoms with E-state index < -0.39 is 5.97 Å². The second-order valence-electron chi connectivity index (χ2n) is 6.31. The molecule has 0 aliphatic rings. The predicted octanol–water partition coefficient (Wildman–Crippen LogP) is 7.02.